The predicted octanol–water partition coefficient (Wildman–Crippen LogP) is 2.33. The molecule has 1 N–H and O–H groups in total. The van der Waals surface area contributed by atoms with Gasteiger partial charge in [0.05, 0.1) is 17.5 Å². The SMILES string of the molecule is CCc1ccc(CC(O)c2cc(C)nnc2C)nc1. The molecule has 1 unspecified atom stereocenters. The Hall–Kier alpha value is -1.81. The summed E-state index contributed by atoms with van der Waals surface area (Å²) in [4.78, 5) is 4.37. The average molecular weight is 257 g/mol. The number of aromatic nitrogens is 3. The highest BCUT2D eigenvalue weighted by Gasteiger charge is 2.13. The van der Waals surface area contributed by atoms with Crippen LogP contribution in [0.3, 0.4) is 0 Å². The Morgan fingerprint density at radius 3 is 2.63 bits per heavy atom. The van der Waals surface area contributed by atoms with Crippen molar-refractivity contribution in [1.29, 1.82) is 0 Å². The van der Waals surface area contributed by atoms with Crippen LogP contribution in [0.1, 0.15) is 41.2 Å². The largest absolute Gasteiger partial charge is 0.388 e. The van der Waals surface area contributed by atoms with Crippen LogP contribution >= 0.6 is 0 Å². The second kappa shape index (κ2) is 5.89. The summed E-state index contributed by atoms with van der Waals surface area (Å²) in [6.07, 6.45) is 2.75. The van der Waals surface area contributed by atoms with E-state index in [1.807, 2.05) is 32.2 Å². The van der Waals surface area contributed by atoms with Gasteiger partial charge in [-0.25, -0.2) is 0 Å². The van der Waals surface area contributed by atoms with Crippen molar-refractivity contribution in [1.82, 2.24) is 15.2 Å². The normalized spacial score (nSPS) is 12.4. The molecule has 0 saturated heterocycles. The molecule has 2 rings (SSSR count). The van der Waals surface area contributed by atoms with E-state index >= 15 is 0 Å². The Bertz CT molecular complexity index is 552. The van der Waals surface area contributed by atoms with Crippen LogP contribution in [0.5, 0.6) is 0 Å². The standard InChI is InChI=1S/C15H19N3O/c1-4-12-5-6-13(16-9-12)8-15(19)14-7-10(2)17-18-11(14)3/h5-7,9,15,19H,4,8H2,1-3H3. The van der Waals surface area contributed by atoms with Crippen LogP contribution in [-0.4, -0.2) is 20.3 Å². The Morgan fingerprint density at radius 1 is 1.21 bits per heavy atom. The van der Waals surface area contributed by atoms with Crippen molar-refractivity contribution in [3.05, 3.63) is 52.6 Å². The first-order chi connectivity index (χ1) is 9.10. The second-order valence-corrected chi connectivity index (χ2v) is 4.76. The molecule has 0 bridgehead atoms. The van der Waals surface area contributed by atoms with Gasteiger partial charge in [0, 0.05) is 23.9 Å². The quantitative estimate of drug-likeness (QED) is 0.913. The van der Waals surface area contributed by atoms with E-state index in [9.17, 15) is 5.11 Å². The third-order valence-electron chi connectivity index (χ3n) is 3.20. The Kier molecular flexibility index (Phi) is 4.22. The molecule has 2 aromatic rings. The van der Waals surface area contributed by atoms with E-state index < -0.39 is 6.10 Å². The maximum Gasteiger partial charge on any atom is 0.0864 e. The predicted molar refractivity (Wildman–Crippen MR) is 73.8 cm³/mol. The van der Waals surface area contributed by atoms with Gasteiger partial charge in [-0.1, -0.05) is 13.0 Å². The highest BCUT2D eigenvalue weighted by atomic mass is 16.3. The topological polar surface area (TPSA) is 58.9 Å². The molecule has 0 radical (unpaired) electrons. The smallest absolute Gasteiger partial charge is 0.0864 e. The summed E-state index contributed by atoms with van der Waals surface area (Å²) in [7, 11) is 0. The Morgan fingerprint density at radius 2 is 2.00 bits per heavy atom. The van der Waals surface area contributed by atoms with Crippen molar-refractivity contribution in [2.24, 2.45) is 0 Å². The summed E-state index contributed by atoms with van der Waals surface area (Å²) in [6, 6.07) is 5.91. The summed E-state index contributed by atoms with van der Waals surface area (Å²) in [6.45, 7) is 5.83. The summed E-state index contributed by atoms with van der Waals surface area (Å²) in [5.74, 6) is 0. The summed E-state index contributed by atoms with van der Waals surface area (Å²) in [5.41, 5.74) is 4.50. The number of aryl methyl sites for hydroxylation is 3. The van der Waals surface area contributed by atoms with Crippen molar-refractivity contribution < 1.29 is 5.11 Å². The molecular formula is C15H19N3O. The maximum atomic E-state index is 10.3. The van der Waals surface area contributed by atoms with Gasteiger partial charge >= 0.3 is 0 Å². The lowest BCUT2D eigenvalue weighted by Crippen LogP contribution is -2.08. The van der Waals surface area contributed by atoms with E-state index in [0.29, 0.717) is 6.42 Å². The Labute approximate surface area is 113 Å². The molecule has 2 aromatic heterocycles. The molecule has 0 aromatic carbocycles. The fraction of sp³-hybridized carbons (Fsp3) is 0.400. The highest BCUT2D eigenvalue weighted by molar-refractivity contribution is 5.24. The summed E-state index contributed by atoms with van der Waals surface area (Å²) in [5, 5.41) is 18.3. The molecule has 0 saturated carbocycles. The summed E-state index contributed by atoms with van der Waals surface area (Å²) >= 11 is 0. The van der Waals surface area contributed by atoms with E-state index in [1.54, 1.807) is 0 Å². The number of hydrogen-bond acceptors (Lipinski definition) is 4. The van der Waals surface area contributed by atoms with Gasteiger partial charge in [0.1, 0.15) is 0 Å². The molecule has 1 atom stereocenters. The van der Waals surface area contributed by atoms with Crippen molar-refractivity contribution in [3.8, 4) is 0 Å². The molecule has 0 aliphatic rings. The number of hydrogen-bond donors (Lipinski definition) is 1. The molecule has 4 nitrogen and oxygen atoms in total. The van der Waals surface area contributed by atoms with Crippen LogP contribution in [0.4, 0.5) is 0 Å². The van der Waals surface area contributed by atoms with Gasteiger partial charge in [0.2, 0.25) is 0 Å². The average Bonchev–Trinajstić information content (AvgIpc) is 2.42. The van der Waals surface area contributed by atoms with Gasteiger partial charge in [-0.2, -0.15) is 10.2 Å². The van der Waals surface area contributed by atoms with Gasteiger partial charge in [-0.15, -0.1) is 0 Å². The molecule has 0 amide bonds. The van der Waals surface area contributed by atoms with Crippen molar-refractivity contribution >= 4 is 0 Å². The van der Waals surface area contributed by atoms with Crippen LogP contribution in [0, 0.1) is 13.8 Å². The minimum absolute atomic E-state index is 0.496. The molecule has 0 spiro atoms. The first-order valence-electron chi connectivity index (χ1n) is 6.53. The van der Waals surface area contributed by atoms with Crippen molar-refractivity contribution in [2.75, 3.05) is 0 Å². The van der Waals surface area contributed by atoms with E-state index in [2.05, 4.69) is 28.2 Å². The van der Waals surface area contributed by atoms with Crippen LogP contribution in [0.15, 0.2) is 24.4 Å². The van der Waals surface area contributed by atoms with Crippen LogP contribution in [-0.2, 0) is 12.8 Å². The van der Waals surface area contributed by atoms with Crippen LogP contribution in [0.25, 0.3) is 0 Å². The van der Waals surface area contributed by atoms with Gasteiger partial charge < -0.3 is 5.11 Å². The van der Waals surface area contributed by atoms with E-state index in [4.69, 9.17) is 0 Å². The first-order valence-corrected chi connectivity index (χ1v) is 6.53. The molecule has 4 heteroatoms. The fourth-order valence-corrected chi connectivity index (χ4v) is 2.00. The molecule has 0 fully saturated rings. The lowest BCUT2D eigenvalue weighted by atomic mass is 10.0. The molecular weight excluding hydrogens is 238 g/mol. The molecule has 0 aliphatic carbocycles. The van der Waals surface area contributed by atoms with E-state index in [-0.39, 0.29) is 0 Å². The second-order valence-electron chi connectivity index (χ2n) is 4.76. The number of aliphatic hydroxyl groups is 1. The monoisotopic (exact) mass is 257 g/mol. The number of aliphatic hydroxyl groups excluding tert-OH is 1. The maximum absolute atomic E-state index is 10.3. The van der Waals surface area contributed by atoms with Crippen molar-refractivity contribution in [2.45, 2.75) is 39.7 Å². The van der Waals surface area contributed by atoms with E-state index in [1.165, 1.54) is 5.56 Å². The van der Waals surface area contributed by atoms with Gasteiger partial charge in [0.15, 0.2) is 0 Å². The zero-order valence-electron chi connectivity index (χ0n) is 11.6. The third-order valence-corrected chi connectivity index (χ3v) is 3.20. The molecule has 19 heavy (non-hydrogen) atoms. The van der Waals surface area contributed by atoms with E-state index in [0.717, 1.165) is 29.1 Å². The third kappa shape index (κ3) is 3.35. The number of rotatable bonds is 4. The zero-order valence-corrected chi connectivity index (χ0v) is 11.6. The molecule has 100 valence electrons. The van der Waals surface area contributed by atoms with Crippen molar-refractivity contribution in [3.63, 3.8) is 0 Å². The van der Waals surface area contributed by atoms with Crippen LogP contribution in [0.2, 0.25) is 0 Å². The zero-order chi connectivity index (χ0) is 13.8. The fourth-order valence-electron chi connectivity index (χ4n) is 2.00. The minimum atomic E-state index is -0.589. The van der Waals surface area contributed by atoms with Gasteiger partial charge in [-0.3, -0.25) is 4.98 Å². The lowest BCUT2D eigenvalue weighted by Gasteiger charge is -2.13. The Balaban J connectivity index is 2.15. The number of nitrogens with zero attached hydrogens (tertiary/aromatic N) is 3. The van der Waals surface area contributed by atoms with Gasteiger partial charge in [-0.05, 0) is 38.0 Å². The number of pyridine rings is 1. The first kappa shape index (κ1) is 13.6. The summed E-state index contributed by atoms with van der Waals surface area (Å²) < 4.78 is 0. The molecule has 0 aliphatic heterocycles. The minimum Gasteiger partial charge on any atom is -0.388 e. The van der Waals surface area contributed by atoms with Gasteiger partial charge in [0.25, 0.3) is 0 Å². The molecule has 2 heterocycles. The lowest BCUT2D eigenvalue weighted by molar-refractivity contribution is 0.175. The van der Waals surface area contributed by atoms with Crippen LogP contribution < -0.4 is 0 Å². The highest BCUT2D eigenvalue weighted by Crippen LogP contribution is 2.20.